The summed E-state index contributed by atoms with van der Waals surface area (Å²) in [5.41, 5.74) is 0.0687. The second kappa shape index (κ2) is 1.59. The summed E-state index contributed by atoms with van der Waals surface area (Å²) in [6, 6.07) is 2.09. The van der Waals surface area contributed by atoms with Gasteiger partial charge in [0.1, 0.15) is 6.07 Å². The summed E-state index contributed by atoms with van der Waals surface area (Å²) in [6.45, 7) is 0. The van der Waals surface area contributed by atoms with Crippen LogP contribution >= 0.6 is 15.9 Å². The Labute approximate surface area is 67.3 Å². The van der Waals surface area contributed by atoms with Gasteiger partial charge < -0.3 is 0 Å². The van der Waals surface area contributed by atoms with E-state index in [1.807, 2.05) is 0 Å². The van der Waals surface area contributed by atoms with Crippen molar-refractivity contribution in [1.82, 2.24) is 0 Å². The highest BCUT2D eigenvalue weighted by molar-refractivity contribution is 9.10. The van der Waals surface area contributed by atoms with E-state index in [4.69, 9.17) is 5.26 Å². The van der Waals surface area contributed by atoms with E-state index < -0.39 is 4.45 Å². The van der Waals surface area contributed by atoms with E-state index in [0.29, 0.717) is 0 Å². The van der Waals surface area contributed by atoms with E-state index in [1.54, 1.807) is 0 Å². The van der Waals surface area contributed by atoms with Crippen molar-refractivity contribution in [1.29, 1.82) is 5.26 Å². The zero-order valence-corrected chi connectivity index (χ0v) is 6.93. The first-order valence-electron chi connectivity index (χ1n) is 3.22. The summed E-state index contributed by atoms with van der Waals surface area (Å²) in [6.07, 6.45) is 2.97. The van der Waals surface area contributed by atoms with Crippen molar-refractivity contribution >= 4 is 15.9 Å². The molecule has 0 radical (unpaired) electrons. The molecule has 4 heteroatoms. The highest BCUT2D eigenvalue weighted by atomic mass is 79.9. The third-order valence-electron chi connectivity index (χ3n) is 1.98. The minimum absolute atomic E-state index is 0.0687. The van der Waals surface area contributed by atoms with Gasteiger partial charge in [-0.1, -0.05) is 0 Å². The van der Waals surface area contributed by atoms with Crippen molar-refractivity contribution in [3.05, 3.63) is 0 Å². The van der Waals surface area contributed by atoms with Crippen molar-refractivity contribution < 1.29 is 0 Å². The summed E-state index contributed by atoms with van der Waals surface area (Å²) in [7, 11) is 0. The van der Waals surface area contributed by atoms with Gasteiger partial charge in [0.15, 0.2) is 0 Å². The molecule has 0 bridgehead atoms. The number of hydrogen-bond acceptors (Lipinski definition) is 3. The van der Waals surface area contributed by atoms with Crippen LogP contribution in [-0.4, -0.2) is 9.99 Å². The Bertz CT molecular complexity index is 238. The first-order chi connectivity index (χ1) is 4.68. The zero-order chi connectivity index (χ0) is 7.24. The maximum absolute atomic E-state index is 8.63. The number of halogens is 1. The number of nitriles is 1. The Hall–Kier alpha value is -0.430. The van der Waals surface area contributed by atoms with Crippen LogP contribution in [-0.2, 0) is 0 Å². The first-order valence-corrected chi connectivity index (χ1v) is 4.02. The second-order valence-corrected chi connectivity index (χ2v) is 4.28. The molecule has 0 N–H and O–H groups in total. The zero-order valence-electron chi connectivity index (χ0n) is 5.34. The minimum atomic E-state index is -0.691. The Morgan fingerprint density at radius 2 is 2.10 bits per heavy atom. The number of hydrogen-bond donors (Lipinski definition) is 0. The summed E-state index contributed by atoms with van der Waals surface area (Å²) in [4.78, 5) is 0. The molecule has 1 fully saturated rings. The normalized spacial score (nSPS) is 40.0. The van der Waals surface area contributed by atoms with Crippen LogP contribution in [0.25, 0.3) is 0 Å². The van der Waals surface area contributed by atoms with Gasteiger partial charge in [0.05, 0.1) is 5.54 Å². The number of alkyl halides is 1. The van der Waals surface area contributed by atoms with Crippen LogP contribution in [0.2, 0.25) is 0 Å². The number of azo groups is 1. The summed E-state index contributed by atoms with van der Waals surface area (Å²) in [5.74, 6) is 0. The summed E-state index contributed by atoms with van der Waals surface area (Å²) in [5, 5.41) is 16.6. The van der Waals surface area contributed by atoms with E-state index in [9.17, 15) is 0 Å². The number of rotatable bonds is 0. The van der Waals surface area contributed by atoms with E-state index in [0.717, 1.165) is 19.3 Å². The monoisotopic (exact) mass is 199 g/mol. The fraction of sp³-hybridized carbons (Fsp3) is 0.833. The van der Waals surface area contributed by atoms with Crippen molar-refractivity contribution in [3.8, 4) is 6.07 Å². The molecule has 10 heavy (non-hydrogen) atoms. The fourth-order valence-corrected chi connectivity index (χ4v) is 1.78. The van der Waals surface area contributed by atoms with Crippen LogP contribution < -0.4 is 0 Å². The Kier molecular flexibility index (Phi) is 1.00. The van der Waals surface area contributed by atoms with Crippen LogP contribution in [0.5, 0.6) is 0 Å². The van der Waals surface area contributed by atoms with Gasteiger partial charge in [-0.15, -0.1) is 0 Å². The topological polar surface area (TPSA) is 48.5 Å². The molecule has 52 valence electrons. The van der Waals surface area contributed by atoms with Crippen molar-refractivity contribution in [2.24, 2.45) is 10.2 Å². The van der Waals surface area contributed by atoms with Crippen molar-refractivity contribution in [2.75, 3.05) is 0 Å². The first kappa shape index (κ1) is 6.29. The molecule has 2 rings (SSSR count). The smallest absolute Gasteiger partial charge is 0.195 e. The van der Waals surface area contributed by atoms with Crippen LogP contribution in [0.3, 0.4) is 0 Å². The molecule has 1 aliphatic carbocycles. The van der Waals surface area contributed by atoms with Gasteiger partial charge in [-0.2, -0.15) is 15.5 Å². The van der Waals surface area contributed by atoms with Gasteiger partial charge in [-0.3, -0.25) is 0 Å². The second-order valence-electron chi connectivity index (χ2n) is 2.97. The molecule has 1 unspecified atom stereocenters. The molecular weight excluding hydrogens is 194 g/mol. The molecule has 2 aliphatic rings. The molecular formula is C6H6BrN3. The molecule has 0 aromatic carbocycles. The summed E-state index contributed by atoms with van der Waals surface area (Å²) < 4.78 is -0.691. The molecule has 0 amide bonds. The standard InChI is InChI=1S/C6H6BrN3/c7-6(4-8)3-5(1-2-5)9-10-6/h1-3H2. The highest BCUT2D eigenvalue weighted by Crippen LogP contribution is 2.53. The van der Waals surface area contributed by atoms with Crippen LogP contribution in [0.15, 0.2) is 10.2 Å². The lowest BCUT2D eigenvalue weighted by Gasteiger charge is -2.05. The largest absolute Gasteiger partial charge is 0.223 e. The van der Waals surface area contributed by atoms with E-state index in [-0.39, 0.29) is 5.54 Å². The van der Waals surface area contributed by atoms with E-state index >= 15 is 0 Å². The molecule has 1 heterocycles. The molecule has 1 atom stereocenters. The molecule has 0 saturated heterocycles. The van der Waals surface area contributed by atoms with Gasteiger partial charge in [-0.25, -0.2) is 0 Å². The van der Waals surface area contributed by atoms with Crippen LogP contribution in [0.1, 0.15) is 19.3 Å². The molecule has 1 aliphatic heterocycles. The lowest BCUT2D eigenvalue weighted by atomic mass is 10.1. The fourth-order valence-electron chi connectivity index (χ4n) is 1.18. The van der Waals surface area contributed by atoms with Gasteiger partial charge in [-0.05, 0) is 28.8 Å². The Morgan fingerprint density at radius 3 is 2.40 bits per heavy atom. The lowest BCUT2D eigenvalue weighted by molar-refractivity contribution is 0.648. The van der Waals surface area contributed by atoms with E-state index in [2.05, 4.69) is 32.2 Å². The molecule has 1 saturated carbocycles. The molecule has 0 aromatic rings. The minimum Gasteiger partial charge on any atom is -0.195 e. The molecule has 1 spiro atoms. The highest BCUT2D eigenvalue weighted by Gasteiger charge is 2.54. The average Bonchev–Trinajstić information content (AvgIpc) is 2.56. The van der Waals surface area contributed by atoms with Gasteiger partial charge in [0.2, 0.25) is 4.45 Å². The van der Waals surface area contributed by atoms with Gasteiger partial charge in [0.25, 0.3) is 0 Å². The number of nitrogens with zero attached hydrogens (tertiary/aromatic N) is 3. The third kappa shape index (κ3) is 0.772. The van der Waals surface area contributed by atoms with Gasteiger partial charge >= 0.3 is 0 Å². The van der Waals surface area contributed by atoms with Crippen LogP contribution in [0.4, 0.5) is 0 Å². The quantitative estimate of drug-likeness (QED) is 0.435. The lowest BCUT2D eigenvalue weighted by Crippen LogP contribution is -2.15. The predicted molar refractivity (Wildman–Crippen MR) is 38.7 cm³/mol. The van der Waals surface area contributed by atoms with Crippen LogP contribution in [0, 0.1) is 11.3 Å². The van der Waals surface area contributed by atoms with E-state index in [1.165, 1.54) is 0 Å². The average molecular weight is 200 g/mol. The third-order valence-corrected chi connectivity index (χ3v) is 2.60. The SMILES string of the molecule is N#CC1(Br)CC2(CC2)N=N1. The Morgan fingerprint density at radius 1 is 1.40 bits per heavy atom. The molecule has 3 nitrogen and oxygen atoms in total. The van der Waals surface area contributed by atoms with Crippen molar-refractivity contribution in [2.45, 2.75) is 29.2 Å². The van der Waals surface area contributed by atoms with Gasteiger partial charge in [0, 0.05) is 6.42 Å². The maximum Gasteiger partial charge on any atom is 0.223 e. The maximum atomic E-state index is 8.63. The van der Waals surface area contributed by atoms with Crippen molar-refractivity contribution in [3.63, 3.8) is 0 Å². The molecule has 0 aromatic heterocycles. The predicted octanol–water partition coefficient (Wildman–Crippen LogP) is 1.99. The Balaban J connectivity index is 2.22. The summed E-state index contributed by atoms with van der Waals surface area (Å²) >= 11 is 3.24.